The Labute approximate surface area is 216 Å². The average Bonchev–Trinajstić information content (AvgIpc) is 2.86. The number of rotatable bonds is 11. The van der Waals surface area contributed by atoms with Crippen molar-refractivity contribution in [2.24, 2.45) is 17.0 Å². The van der Waals surface area contributed by atoms with Crippen molar-refractivity contribution in [1.82, 2.24) is 0 Å². The van der Waals surface area contributed by atoms with E-state index in [0.717, 1.165) is 35.7 Å². The van der Waals surface area contributed by atoms with Crippen molar-refractivity contribution in [2.75, 3.05) is 12.4 Å². The van der Waals surface area contributed by atoms with Crippen LogP contribution in [-0.2, 0) is 20.4 Å². The molecule has 0 N–H and O–H groups in total. The van der Waals surface area contributed by atoms with Gasteiger partial charge < -0.3 is 9.57 Å². The first-order chi connectivity index (χ1) is 16.8. The van der Waals surface area contributed by atoms with Crippen LogP contribution in [0, 0.1) is 11.8 Å². The second-order valence-corrected chi connectivity index (χ2v) is 11.9. The number of halogens is 1. The van der Waals surface area contributed by atoms with Crippen LogP contribution in [0.1, 0.15) is 63.2 Å². The predicted octanol–water partition coefficient (Wildman–Crippen LogP) is 6.86. The highest BCUT2D eigenvalue weighted by Crippen LogP contribution is 2.37. The summed E-state index contributed by atoms with van der Waals surface area (Å²) < 4.78 is 18.5. The second-order valence-electron chi connectivity index (χ2n) is 9.20. The van der Waals surface area contributed by atoms with Crippen LogP contribution in [0.25, 0.3) is 10.8 Å². The van der Waals surface area contributed by atoms with E-state index in [4.69, 9.17) is 21.2 Å². The summed E-state index contributed by atoms with van der Waals surface area (Å²) in [5, 5.41) is 6.72. The lowest BCUT2D eigenvalue weighted by molar-refractivity contribution is 0.00254. The normalized spacial score (nSPS) is 22.4. The molecule has 0 saturated heterocycles. The summed E-state index contributed by atoms with van der Waals surface area (Å²) in [6.45, 7) is 9.81. The first-order valence-corrected chi connectivity index (χ1v) is 14.2. The standard InChI is InChI=1S/C28H36ClNO4S/c1-5-26(30-33-18-19(3)29)25-15-14-21(16-20(4)35(32)6-2)17-27(25)34-28(31)24-13-9-11-22-10-7-8-12-23(22)24/h7-13,20-21,25,27H,3,5-6,14-18H2,1-2,4H3/b30-26+. The molecule has 5 atom stereocenters. The van der Waals surface area contributed by atoms with Crippen molar-refractivity contribution in [3.8, 4) is 0 Å². The summed E-state index contributed by atoms with van der Waals surface area (Å²) in [6.07, 6.45) is 3.73. The van der Waals surface area contributed by atoms with Gasteiger partial charge in [-0.2, -0.15) is 0 Å². The van der Waals surface area contributed by atoms with Crippen LogP contribution in [0.4, 0.5) is 0 Å². The van der Waals surface area contributed by atoms with Crippen LogP contribution in [0.3, 0.4) is 0 Å². The number of hydrogen-bond donors (Lipinski definition) is 0. The maximum absolute atomic E-state index is 13.4. The molecule has 5 nitrogen and oxygen atoms in total. The number of oxime groups is 1. The summed E-state index contributed by atoms with van der Waals surface area (Å²) in [7, 11) is -0.841. The largest absolute Gasteiger partial charge is 0.458 e. The monoisotopic (exact) mass is 517 g/mol. The van der Waals surface area contributed by atoms with Gasteiger partial charge in [-0.15, -0.1) is 0 Å². The van der Waals surface area contributed by atoms with Gasteiger partial charge in [0.2, 0.25) is 0 Å². The number of nitrogens with zero attached hydrogens (tertiary/aromatic N) is 1. The van der Waals surface area contributed by atoms with E-state index in [0.29, 0.717) is 35.1 Å². The molecular formula is C28H36ClNO4S. The van der Waals surface area contributed by atoms with Gasteiger partial charge in [0.15, 0.2) is 6.61 Å². The van der Waals surface area contributed by atoms with Gasteiger partial charge in [-0.3, -0.25) is 4.21 Å². The maximum Gasteiger partial charge on any atom is 0.339 e. The Morgan fingerprint density at radius 2 is 1.94 bits per heavy atom. The van der Waals surface area contributed by atoms with Crippen molar-refractivity contribution in [3.05, 3.63) is 59.6 Å². The molecule has 0 spiro atoms. The van der Waals surface area contributed by atoms with Crippen molar-refractivity contribution < 1.29 is 18.6 Å². The summed E-state index contributed by atoms with van der Waals surface area (Å²) in [6, 6.07) is 13.5. The molecule has 1 fully saturated rings. The quantitative estimate of drug-likeness (QED) is 0.185. The molecule has 1 aliphatic rings. The zero-order chi connectivity index (χ0) is 25.4. The van der Waals surface area contributed by atoms with Crippen LogP contribution in [0.15, 0.2) is 59.2 Å². The number of carbonyl (C=O) groups excluding carboxylic acids is 1. The fourth-order valence-corrected chi connectivity index (χ4v) is 6.09. The molecule has 190 valence electrons. The van der Waals surface area contributed by atoms with E-state index in [-0.39, 0.29) is 29.8 Å². The van der Waals surface area contributed by atoms with E-state index in [1.807, 2.05) is 56.3 Å². The molecule has 1 aliphatic carbocycles. The van der Waals surface area contributed by atoms with Gasteiger partial charge in [0.25, 0.3) is 0 Å². The number of fused-ring (bicyclic) bond motifs is 1. The van der Waals surface area contributed by atoms with E-state index >= 15 is 0 Å². The van der Waals surface area contributed by atoms with Gasteiger partial charge in [-0.05, 0) is 54.9 Å². The van der Waals surface area contributed by atoms with Crippen LogP contribution in [0.5, 0.6) is 0 Å². The first kappa shape index (κ1) is 27.4. The maximum atomic E-state index is 13.4. The van der Waals surface area contributed by atoms with Gasteiger partial charge in [-0.1, -0.05) is 80.5 Å². The summed E-state index contributed by atoms with van der Waals surface area (Å²) >= 11 is 5.83. The molecule has 0 bridgehead atoms. The van der Waals surface area contributed by atoms with Gasteiger partial charge in [-0.25, -0.2) is 4.79 Å². The molecule has 5 unspecified atom stereocenters. The van der Waals surface area contributed by atoms with E-state index in [1.54, 1.807) is 0 Å². The Bertz CT molecular complexity index is 1080. The molecule has 3 rings (SSSR count). The Balaban J connectivity index is 1.84. The summed E-state index contributed by atoms with van der Waals surface area (Å²) in [5.74, 6) is 0.633. The van der Waals surface area contributed by atoms with Gasteiger partial charge in [0, 0.05) is 27.7 Å². The number of hydrogen-bond acceptors (Lipinski definition) is 5. The Morgan fingerprint density at radius 1 is 1.20 bits per heavy atom. The third-order valence-corrected chi connectivity index (χ3v) is 8.53. The second kappa shape index (κ2) is 13.2. The minimum Gasteiger partial charge on any atom is -0.458 e. The minimum atomic E-state index is -0.841. The first-order valence-electron chi connectivity index (χ1n) is 12.4. The highest BCUT2D eigenvalue weighted by Gasteiger charge is 2.37. The molecular weight excluding hydrogens is 482 g/mol. The van der Waals surface area contributed by atoms with E-state index < -0.39 is 10.8 Å². The zero-order valence-corrected chi connectivity index (χ0v) is 22.4. The molecule has 0 aliphatic heterocycles. The summed E-state index contributed by atoms with van der Waals surface area (Å²) in [5.41, 5.74) is 1.43. The topological polar surface area (TPSA) is 65.0 Å². The van der Waals surface area contributed by atoms with Gasteiger partial charge in [0.05, 0.1) is 16.3 Å². The van der Waals surface area contributed by atoms with Crippen molar-refractivity contribution in [2.45, 2.75) is 64.2 Å². The van der Waals surface area contributed by atoms with Crippen LogP contribution in [0.2, 0.25) is 0 Å². The summed E-state index contributed by atoms with van der Waals surface area (Å²) in [4.78, 5) is 18.8. The highest BCUT2D eigenvalue weighted by atomic mass is 35.5. The van der Waals surface area contributed by atoms with Gasteiger partial charge in [0.1, 0.15) is 6.10 Å². The smallest absolute Gasteiger partial charge is 0.339 e. The van der Waals surface area contributed by atoms with E-state index in [1.165, 1.54) is 0 Å². The third-order valence-electron chi connectivity index (χ3n) is 6.76. The highest BCUT2D eigenvalue weighted by molar-refractivity contribution is 7.85. The lowest BCUT2D eigenvalue weighted by atomic mass is 9.75. The lowest BCUT2D eigenvalue weighted by Crippen LogP contribution is -2.39. The molecule has 35 heavy (non-hydrogen) atoms. The number of carbonyl (C=O) groups is 1. The molecule has 7 heteroatoms. The number of esters is 1. The van der Waals surface area contributed by atoms with Crippen LogP contribution in [-0.4, -0.2) is 39.6 Å². The zero-order valence-electron chi connectivity index (χ0n) is 20.9. The molecule has 0 aromatic heterocycles. The predicted molar refractivity (Wildman–Crippen MR) is 145 cm³/mol. The van der Waals surface area contributed by atoms with Crippen LogP contribution >= 0.6 is 11.6 Å². The van der Waals surface area contributed by atoms with Gasteiger partial charge >= 0.3 is 5.97 Å². The average molecular weight is 518 g/mol. The van der Waals surface area contributed by atoms with E-state index in [2.05, 4.69) is 18.7 Å². The fourth-order valence-electron chi connectivity index (χ4n) is 4.98. The molecule has 2 aromatic carbocycles. The molecule has 0 amide bonds. The van der Waals surface area contributed by atoms with E-state index in [9.17, 15) is 9.00 Å². The Hall–Kier alpha value is -2.18. The SMILES string of the molecule is C=C(Cl)CO/N=C(\CC)C1CCC(CC(C)S(=O)CC)CC1OC(=O)c1cccc2ccccc12. The Morgan fingerprint density at radius 3 is 2.66 bits per heavy atom. The lowest BCUT2D eigenvalue weighted by Gasteiger charge is -2.36. The molecule has 2 aromatic rings. The van der Waals surface area contributed by atoms with Crippen LogP contribution < -0.4 is 0 Å². The Kier molecular flexibility index (Phi) is 10.4. The molecule has 0 radical (unpaired) electrons. The number of ether oxygens (including phenoxy) is 1. The minimum absolute atomic E-state index is 0.0363. The van der Waals surface area contributed by atoms with Crippen molar-refractivity contribution >= 4 is 44.9 Å². The third kappa shape index (κ3) is 7.40. The molecule has 0 heterocycles. The fraction of sp³-hybridized carbons (Fsp3) is 0.500. The number of benzene rings is 2. The van der Waals surface area contributed by atoms with Crippen molar-refractivity contribution in [3.63, 3.8) is 0 Å². The van der Waals surface area contributed by atoms with Crippen molar-refractivity contribution in [1.29, 1.82) is 0 Å². The molecule has 1 saturated carbocycles.